The smallest absolute Gasteiger partial charge is 0.122 e. The van der Waals surface area contributed by atoms with Crippen LogP contribution in [0.5, 0.6) is 5.75 Å². The number of hydrogen-bond donors (Lipinski definition) is 1. The van der Waals surface area contributed by atoms with Gasteiger partial charge >= 0.3 is 0 Å². The first kappa shape index (κ1) is 12.4. The van der Waals surface area contributed by atoms with Crippen LogP contribution in [0.15, 0.2) is 18.2 Å². The molecule has 17 heavy (non-hydrogen) atoms. The predicted molar refractivity (Wildman–Crippen MR) is 71.7 cm³/mol. The van der Waals surface area contributed by atoms with Crippen LogP contribution < -0.4 is 10.1 Å². The van der Waals surface area contributed by atoms with Crippen LogP contribution in [0.4, 0.5) is 0 Å². The van der Waals surface area contributed by atoms with E-state index < -0.39 is 0 Å². The van der Waals surface area contributed by atoms with E-state index >= 15 is 0 Å². The molecule has 0 amide bonds. The first-order chi connectivity index (χ1) is 8.29. The van der Waals surface area contributed by atoms with Crippen LogP contribution in [0.3, 0.4) is 0 Å². The molecule has 1 aliphatic rings. The summed E-state index contributed by atoms with van der Waals surface area (Å²) in [6.45, 7) is 3.10. The van der Waals surface area contributed by atoms with Crippen LogP contribution in [0.25, 0.3) is 0 Å². The van der Waals surface area contributed by atoms with Gasteiger partial charge in [-0.25, -0.2) is 0 Å². The Kier molecular flexibility index (Phi) is 4.43. The lowest BCUT2D eigenvalue weighted by atomic mass is 10.0. The minimum Gasteiger partial charge on any atom is -0.493 e. The molecule has 0 aromatic heterocycles. The fourth-order valence-corrected chi connectivity index (χ4v) is 2.32. The molecule has 1 heterocycles. The molecule has 2 rings (SSSR count). The number of aryl methyl sites for hydroxylation is 1. The largest absolute Gasteiger partial charge is 0.493 e. The van der Waals surface area contributed by atoms with E-state index in [1.54, 1.807) is 0 Å². The van der Waals surface area contributed by atoms with Crippen molar-refractivity contribution in [3.63, 3.8) is 0 Å². The Labute approximate surface area is 104 Å². The highest BCUT2D eigenvalue weighted by molar-refractivity contribution is 5.39. The van der Waals surface area contributed by atoms with Gasteiger partial charge in [0.1, 0.15) is 5.75 Å². The maximum Gasteiger partial charge on any atom is 0.122 e. The molecule has 0 bridgehead atoms. The van der Waals surface area contributed by atoms with Crippen molar-refractivity contribution in [2.24, 2.45) is 0 Å². The summed E-state index contributed by atoms with van der Waals surface area (Å²) in [5.41, 5.74) is 2.86. The van der Waals surface area contributed by atoms with E-state index in [1.165, 1.54) is 36.8 Å². The molecule has 1 aliphatic heterocycles. The lowest BCUT2D eigenvalue weighted by Crippen LogP contribution is -2.20. The third kappa shape index (κ3) is 3.47. The average molecular weight is 233 g/mol. The molecule has 0 radical (unpaired) electrons. The van der Waals surface area contributed by atoms with Crippen molar-refractivity contribution in [3.05, 3.63) is 29.3 Å². The van der Waals surface area contributed by atoms with Crippen molar-refractivity contribution >= 4 is 0 Å². The minimum absolute atomic E-state index is 0.642. The summed E-state index contributed by atoms with van der Waals surface area (Å²) in [6, 6.07) is 7.31. The van der Waals surface area contributed by atoms with E-state index in [1.807, 2.05) is 7.05 Å². The van der Waals surface area contributed by atoms with Crippen molar-refractivity contribution in [3.8, 4) is 5.75 Å². The standard InChI is InChI=1S/C15H23NO/c1-12(16-2)5-3-4-6-13-7-8-15-14(11-13)9-10-17-15/h7-8,11-12,16H,3-6,9-10H2,1-2H3. The lowest BCUT2D eigenvalue weighted by molar-refractivity contribution is 0.357. The third-order valence-electron chi connectivity index (χ3n) is 3.60. The van der Waals surface area contributed by atoms with E-state index in [-0.39, 0.29) is 0 Å². The Morgan fingerprint density at radius 3 is 3.06 bits per heavy atom. The van der Waals surface area contributed by atoms with Gasteiger partial charge in [0, 0.05) is 12.5 Å². The average Bonchev–Trinajstić information content (AvgIpc) is 2.81. The van der Waals surface area contributed by atoms with Crippen molar-refractivity contribution < 1.29 is 4.74 Å². The van der Waals surface area contributed by atoms with Gasteiger partial charge in [-0.3, -0.25) is 0 Å². The highest BCUT2D eigenvalue weighted by atomic mass is 16.5. The summed E-state index contributed by atoms with van der Waals surface area (Å²) in [5.74, 6) is 1.09. The van der Waals surface area contributed by atoms with Gasteiger partial charge in [-0.1, -0.05) is 18.6 Å². The SMILES string of the molecule is CNC(C)CCCCc1ccc2c(c1)CCO2. The summed E-state index contributed by atoms with van der Waals surface area (Å²) in [6.07, 6.45) is 6.13. The van der Waals surface area contributed by atoms with Crippen LogP contribution in [-0.2, 0) is 12.8 Å². The number of nitrogens with one attached hydrogen (secondary N) is 1. The zero-order chi connectivity index (χ0) is 12.1. The Balaban J connectivity index is 1.76. The number of unbranched alkanes of at least 4 members (excludes halogenated alkanes) is 1. The minimum atomic E-state index is 0.642. The number of fused-ring (bicyclic) bond motifs is 1. The van der Waals surface area contributed by atoms with Crippen molar-refractivity contribution in [2.75, 3.05) is 13.7 Å². The topological polar surface area (TPSA) is 21.3 Å². The molecule has 0 saturated heterocycles. The molecule has 1 aromatic rings. The van der Waals surface area contributed by atoms with Crippen LogP contribution >= 0.6 is 0 Å². The number of ether oxygens (including phenoxy) is 1. The summed E-state index contributed by atoms with van der Waals surface area (Å²) < 4.78 is 5.52. The third-order valence-corrected chi connectivity index (χ3v) is 3.60. The molecule has 2 nitrogen and oxygen atoms in total. The highest BCUT2D eigenvalue weighted by Gasteiger charge is 2.11. The summed E-state index contributed by atoms with van der Waals surface area (Å²) in [7, 11) is 2.03. The number of rotatable bonds is 6. The summed E-state index contributed by atoms with van der Waals surface area (Å²) in [4.78, 5) is 0. The van der Waals surface area contributed by atoms with Gasteiger partial charge in [0.25, 0.3) is 0 Å². The second kappa shape index (κ2) is 6.06. The fourth-order valence-electron chi connectivity index (χ4n) is 2.32. The second-order valence-corrected chi connectivity index (χ2v) is 4.98. The summed E-state index contributed by atoms with van der Waals surface area (Å²) >= 11 is 0. The molecule has 0 saturated carbocycles. The maximum atomic E-state index is 5.52. The Morgan fingerprint density at radius 1 is 1.35 bits per heavy atom. The van der Waals surface area contributed by atoms with Gasteiger partial charge in [0.15, 0.2) is 0 Å². The molecule has 2 heteroatoms. The van der Waals surface area contributed by atoms with Crippen LogP contribution in [0.1, 0.15) is 37.3 Å². The van der Waals surface area contributed by atoms with E-state index in [2.05, 4.69) is 30.4 Å². The van der Waals surface area contributed by atoms with E-state index in [0.717, 1.165) is 18.8 Å². The fraction of sp³-hybridized carbons (Fsp3) is 0.600. The van der Waals surface area contributed by atoms with Gasteiger partial charge in [-0.15, -0.1) is 0 Å². The lowest BCUT2D eigenvalue weighted by Gasteiger charge is -2.09. The first-order valence-electron chi connectivity index (χ1n) is 6.71. The van der Waals surface area contributed by atoms with Crippen molar-refractivity contribution in [2.45, 2.75) is 45.1 Å². The molecule has 1 atom stereocenters. The molecule has 0 spiro atoms. The molecule has 0 aliphatic carbocycles. The molecular formula is C15H23NO. The molecule has 1 unspecified atom stereocenters. The molecule has 0 fully saturated rings. The van der Waals surface area contributed by atoms with Crippen LogP contribution in [0.2, 0.25) is 0 Å². The predicted octanol–water partition coefficient (Wildman–Crippen LogP) is 2.94. The maximum absolute atomic E-state index is 5.52. The summed E-state index contributed by atoms with van der Waals surface area (Å²) in [5, 5.41) is 3.28. The van der Waals surface area contributed by atoms with Gasteiger partial charge < -0.3 is 10.1 Å². The first-order valence-corrected chi connectivity index (χ1v) is 6.71. The van der Waals surface area contributed by atoms with E-state index in [9.17, 15) is 0 Å². The molecular weight excluding hydrogens is 210 g/mol. The normalized spacial score (nSPS) is 15.4. The van der Waals surface area contributed by atoms with E-state index in [0.29, 0.717) is 6.04 Å². The van der Waals surface area contributed by atoms with Gasteiger partial charge in [0.05, 0.1) is 6.61 Å². The van der Waals surface area contributed by atoms with E-state index in [4.69, 9.17) is 4.74 Å². The van der Waals surface area contributed by atoms with Gasteiger partial charge in [0.2, 0.25) is 0 Å². The molecule has 1 N–H and O–H groups in total. The van der Waals surface area contributed by atoms with Gasteiger partial charge in [-0.2, -0.15) is 0 Å². The number of hydrogen-bond acceptors (Lipinski definition) is 2. The monoisotopic (exact) mass is 233 g/mol. The zero-order valence-corrected chi connectivity index (χ0v) is 11.0. The van der Waals surface area contributed by atoms with Crippen LogP contribution in [-0.4, -0.2) is 19.7 Å². The molecule has 1 aromatic carbocycles. The molecule has 94 valence electrons. The Bertz CT molecular complexity index is 362. The number of benzene rings is 1. The quantitative estimate of drug-likeness (QED) is 0.763. The Hall–Kier alpha value is -1.02. The Morgan fingerprint density at radius 2 is 2.24 bits per heavy atom. The highest BCUT2D eigenvalue weighted by Crippen LogP contribution is 2.26. The van der Waals surface area contributed by atoms with Gasteiger partial charge in [-0.05, 0) is 50.4 Å². The van der Waals surface area contributed by atoms with Crippen LogP contribution in [0, 0.1) is 0 Å². The van der Waals surface area contributed by atoms with Crippen molar-refractivity contribution in [1.29, 1.82) is 0 Å². The second-order valence-electron chi connectivity index (χ2n) is 4.98. The zero-order valence-electron chi connectivity index (χ0n) is 11.0. The van der Waals surface area contributed by atoms with Crippen molar-refractivity contribution in [1.82, 2.24) is 5.32 Å².